The number of methoxy groups -OCH3 is 2. The third kappa shape index (κ3) is 8.54. The third-order valence-corrected chi connectivity index (χ3v) is 3.56. The quantitative estimate of drug-likeness (QED) is 0.540. The molecule has 0 unspecified atom stereocenters. The van der Waals surface area contributed by atoms with E-state index in [9.17, 15) is 4.79 Å². The molecule has 0 spiro atoms. The number of morpholine rings is 1. The molecule has 1 aliphatic heterocycles. The van der Waals surface area contributed by atoms with Crippen LogP contribution in [0.2, 0.25) is 0 Å². The van der Waals surface area contributed by atoms with Gasteiger partial charge < -0.3 is 18.9 Å². The average Bonchev–Trinajstić information content (AvgIpc) is 2.74. The van der Waals surface area contributed by atoms with Crippen molar-refractivity contribution in [2.75, 3.05) is 53.7 Å². The number of esters is 1. The molecule has 2 rings (SSSR count). The highest BCUT2D eigenvalue weighted by Crippen LogP contribution is 2.28. The van der Waals surface area contributed by atoms with Crippen LogP contribution in [0.5, 0.6) is 11.5 Å². The Bertz CT molecular complexity index is 487. The summed E-state index contributed by atoms with van der Waals surface area (Å²) in [7, 11) is 2.93. The van der Waals surface area contributed by atoms with Crippen molar-refractivity contribution < 1.29 is 23.7 Å². The Kier molecular flexibility index (Phi) is 14.4. The molecule has 1 aromatic rings. The van der Waals surface area contributed by atoms with Gasteiger partial charge in [0.25, 0.3) is 0 Å². The predicted octanol–water partition coefficient (Wildman–Crippen LogP) is 3.64. The highest BCUT2D eigenvalue weighted by molar-refractivity contribution is 5.90. The van der Waals surface area contributed by atoms with Crippen LogP contribution < -0.4 is 9.47 Å². The average molecular weight is 370 g/mol. The molecule has 6 heteroatoms. The maximum atomic E-state index is 11.6. The molecule has 0 N–H and O–H groups in total. The van der Waals surface area contributed by atoms with Gasteiger partial charge in [0.05, 0.1) is 39.6 Å². The van der Waals surface area contributed by atoms with Crippen molar-refractivity contribution in [1.29, 1.82) is 0 Å². The van der Waals surface area contributed by atoms with E-state index in [0.717, 1.165) is 39.3 Å². The second kappa shape index (κ2) is 15.5. The standard InChI is InChI=1S/C16H23NO5.2C2H6/c1-19-14-5-4-13(16(18)20-2)12-15(14)22-9-3-6-17-7-10-21-11-8-17;2*1-2/h4-5,12H,3,6-11H2,1-2H3;2*1-2H3. The number of carbonyl (C=O) groups is 1. The number of carbonyl (C=O) groups excluding carboxylic acids is 1. The minimum Gasteiger partial charge on any atom is -0.493 e. The van der Waals surface area contributed by atoms with Crippen LogP contribution in [0.4, 0.5) is 0 Å². The van der Waals surface area contributed by atoms with E-state index < -0.39 is 0 Å². The number of hydrogen-bond acceptors (Lipinski definition) is 6. The third-order valence-electron chi connectivity index (χ3n) is 3.56. The predicted molar refractivity (Wildman–Crippen MR) is 104 cm³/mol. The first-order chi connectivity index (χ1) is 12.7. The summed E-state index contributed by atoms with van der Waals surface area (Å²) in [5, 5.41) is 0. The Balaban J connectivity index is 0.00000146. The van der Waals surface area contributed by atoms with E-state index in [4.69, 9.17) is 18.9 Å². The van der Waals surface area contributed by atoms with E-state index in [1.54, 1.807) is 25.3 Å². The highest BCUT2D eigenvalue weighted by Gasteiger charge is 2.12. The summed E-state index contributed by atoms with van der Waals surface area (Å²) in [6, 6.07) is 5.02. The Morgan fingerprint density at radius 2 is 1.73 bits per heavy atom. The minimum absolute atomic E-state index is 0.388. The topological polar surface area (TPSA) is 57.2 Å². The van der Waals surface area contributed by atoms with Crippen LogP contribution in [0.1, 0.15) is 44.5 Å². The van der Waals surface area contributed by atoms with E-state index in [1.807, 2.05) is 27.7 Å². The van der Waals surface area contributed by atoms with Crippen LogP contribution in [0.3, 0.4) is 0 Å². The first kappa shape index (κ1) is 24.2. The molecule has 150 valence electrons. The van der Waals surface area contributed by atoms with Gasteiger partial charge >= 0.3 is 5.97 Å². The van der Waals surface area contributed by atoms with Crippen molar-refractivity contribution in [2.24, 2.45) is 0 Å². The molecule has 0 amide bonds. The van der Waals surface area contributed by atoms with Gasteiger partial charge in [-0.15, -0.1) is 0 Å². The zero-order valence-corrected chi connectivity index (χ0v) is 17.2. The Morgan fingerprint density at radius 3 is 2.31 bits per heavy atom. The maximum Gasteiger partial charge on any atom is 0.337 e. The SMILES string of the molecule is CC.CC.COC(=O)c1ccc(OC)c(OCCCN2CCOCC2)c1. The van der Waals surface area contributed by atoms with Crippen molar-refractivity contribution in [3.8, 4) is 11.5 Å². The van der Waals surface area contributed by atoms with E-state index >= 15 is 0 Å². The summed E-state index contributed by atoms with van der Waals surface area (Å²) in [4.78, 5) is 13.9. The molecule has 26 heavy (non-hydrogen) atoms. The lowest BCUT2D eigenvalue weighted by atomic mass is 10.2. The molecule has 1 heterocycles. The fraction of sp³-hybridized carbons (Fsp3) is 0.650. The molecule has 1 aromatic carbocycles. The lowest BCUT2D eigenvalue weighted by Gasteiger charge is -2.26. The number of hydrogen-bond donors (Lipinski definition) is 0. The van der Waals surface area contributed by atoms with Crippen molar-refractivity contribution in [3.05, 3.63) is 23.8 Å². The molecule has 1 fully saturated rings. The minimum atomic E-state index is -0.388. The smallest absolute Gasteiger partial charge is 0.337 e. The molecule has 1 aliphatic rings. The van der Waals surface area contributed by atoms with Crippen LogP contribution in [-0.2, 0) is 9.47 Å². The lowest BCUT2D eigenvalue weighted by molar-refractivity contribution is 0.0357. The van der Waals surface area contributed by atoms with Gasteiger partial charge in [-0.1, -0.05) is 27.7 Å². The Hall–Kier alpha value is -1.79. The number of benzene rings is 1. The summed E-state index contributed by atoms with van der Waals surface area (Å²) in [6.07, 6.45) is 0.908. The molecule has 1 saturated heterocycles. The Labute approximate surface area is 158 Å². The van der Waals surface area contributed by atoms with Crippen molar-refractivity contribution >= 4 is 5.97 Å². The van der Waals surface area contributed by atoms with Crippen LogP contribution in [0, 0.1) is 0 Å². The van der Waals surface area contributed by atoms with Crippen molar-refractivity contribution in [3.63, 3.8) is 0 Å². The molecular formula is C20H35NO5. The van der Waals surface area contributed by atoms with Gasteiger partial charge in [0.15, 0.2) is 11.5 Å². The Morgan fingerprint density at radius 1 is 1.08 bits per heavy atom. The second-order valence-corrected chi connectivity index (χ2v) is 5.01. The summed E-state index contributed by atoms with van der Waals surface area (Å²) < 4.78 is 21.1. The fourth-order valence-electron chi connectivity index (χ4n) is 2.33. The van der Waals surface area contributed by atoms with Gasteiger partial charge in [-0.05, 0) is 24.6 Å². The van der Waals surface area contributed by atoms with Gasteiger partial charge in [0.1, 0.15) is 0 Å². The first-order valence-electron chi connectivity index (χ1n) is 9.44. The molecule has 0 atom stereocenters. The van der Waals surface area contributed by atoms with Crippen LogP contribution in [0.15, 0.2) is 18.2 Å². The summed E-state index contributed by atoms with van der Waals surface area (Å²) >= 11 is 0. The highest BCUT2D eigenvalue weighted by atomic mass is 16.5. The van der Waals surface area contributed by atoms with Crippen LogP contribution in [0.25, 0.3) is 0 Å². The van der Waals surface area contributed by atoms with Gasteiger partial charge in [0.2, 0.25) is 0 Å². The van der Waals surface area contributed by atoms with Crippen LogP contribution >= 0.6 is 0 Å². The number of nitrogens with zero attached hydrogens (tertiary/aromatic N) is 1. The molecule has 0 aliphatic carbocycles. The van der Waals surface area contributed by atoms with E-state index in [1.165, 1.54) is 7.11 Å². The normalized spacial score (nSPS) is 13.5. The molecule has 0 bridgehead atoms. The van der Waals surface area contributed by atoms with Gasteiger partial charge in [-0.25, -0.2) is 4.79 Å². The second-order valence-electron chi connectivity index (χ2n) is 5.01. The fourth-order valence-corrected chi connectivity index (χ4v) is 2.33. The van der Waals surface area contributed by atoms with Gasteiger partial charge in [-0.3, -0.25) is 4.90 Å². The summed E-state index contributed by atoms with van der Waals surface area (Å²) in [5.41, 5.74) is 0.450. The number of ether oxygens (including phenoxy) is 4. The van der Waals surface area contributed by atoms with E-state index in [0.29, 0.717) is 23.7 Å². The van der Waals surface area contributed by atoms with E-state index in [2.05, 4.69) is 4.90 Å². The largest absolute Gasteiger partial charge is 0.493 e. The summed E-state index contributed by atoms with van der Waals surface area (Å²) in [6.45, 7) is 13.1. The van der Waals surface area contributed by atoms with E-state index in [-0.39, 0.29) is 5.97 Å². The zero-order valence-electron chi connectivity index (χ0n) is 17.2. The monoisotopic (exact) mass is 369 g/mol. The van der Waals surface area contributed by atoms with Gasteiger partial charge in [0, 0.05) is 19.6 Å². The van der Waals surface area contributed by atoms with Crippen molar-refractivity contribution in [1.82, 2.24) is 4.90 Å². The van der Waals surface area contributed by atoms with Gasteiger partial charge in [-0.2, -0.15) is 0 Å². The van der Waals surface area contributed by atoms with Crippen LogP contribution in [-0.4, -0.2) is 64.5 Å². The first-order valence-corrected chi connectivity index (χ1v) is 9.44. The molecule has 0 aromatic heterocycles. The molecule has 6 nitrogen and oxygen atoms in total. The lowest BCUT2D eigenvalue weighted by Crippen LogP contribution is -2.37. The summed E-state index contributed by atoms with van der Waals surface area (Å²) in [5.74, 6) is 0.784. The zero-order chi connectivity index (χ0) is 19.8. The number of rotatable bonds is 7. The molecular weight excluding hydrogens is 334 g/mol. The molecule has 0 radical (unpaired) electrons. The maximum absolute atomic E-state index is 11.6. The van der Waals surface area contributed by atoms with Crippen molar-refractivity contribution in [2.45, 2.75) is 34.1 Å². The molecule has 0 saturated carbocycles.